The largest absolute Gasteiger partial charge is 0.311 e. The van der Waals surface area contributed by atoms with Gasteiger partial charge in [-0.2, -0.15) is 0 Å². The number of benzene rings is 1. The Kier molecular flexibility index (Phi) is 3.53. The Hall–Kier alpha value is -0.860. The number of likely N-dealkylation sites (tertiary alicyclic amines) is 1. The molecular weight excluding hydrogens is 244 g/mol. The van der Waals surface area contributed by atoms with Crippen LogP contribution in [0.2, 0.25) is 0 Å². The van der Waals surface area contributed by atoms with Crippen molar-refractivity contribution in [2.45, 2.75) is 57.2 Å². The number of rotatable bonds is 1. The summed E-state index contributed by atoms with van der Waals surface area (Å²) in [7, 11) is 0. The Labute approximate surface area is 122 Å². The summed E-state index contributed by atoms with van der Waals surface area (Å²) in [5.74, 6) is 0.978. The first-order valence-electron chi connectivity index (χ1n) is 8.48. The molecule has 1 aliphatic carbocycles. The summed E-state index contributed by atoms with van der Waals surface area (Å²) in [6.07, 6.45) is 8.70. The van der Waals surface area contributed by atoms with Crippen LogP contribution in [0.3, 0.4) is 0 Å². The second-order valence-corrected chi connectivity index (χ2v) is 6.84. The highest BCUT2D eigenvalue weighted by Gasteiger charge is 2.38. The molecule has 1 saturated heterocycles. The van der Waals surface area contributed by atoms with Crippen molar-refractivity contribution < 1.29 is 0 Å². The maximum Gasteiger partial charge on any atom is 0.0479 e. The van der Waals surface area contributed by atoms with Crippen molar-refractivity contribution in [2.75, 3.05) is 13.1 Å². The molecule has 3 atom stereocenters. The van der Waals surface area contributed by atoms with Gasteiger partial charge in [0, 0.05) is 25.2 Å². The standard InChI is InChI=1S/C18H26N2/c1-3-9-16-15(7-1)12-19-13-18(16)20-11-5-8-14-6-2-4-10-17(14)20/h1,3,7,9,14,17-19H,2,4-6,8,10-13H2/t14-,17-,18?/m1/s1. The first-order chi connectivity index (χ1) is 9.93. The van der Waals surface area contributed by atoms with Gasteiger partial charge in [0.05, 0.1) is 0 Å². The van der Waals surface area contributed by atoms with Crippen LogP contribution < -0.4 is 5.32 Å². The van der Waals surface area contributed by atoms with Crippen molar-refractivity contribution in [1.29, 1.82) is 0 Å². The van der Waals surface area contributed by atoms with Crippen molar-refractivity contribution in [3.05, 3.63) is 35.4 Å². The average Bonchev–Trinajstić information content (AvgIpc) is 2.54. The first kappa shape index (κ1) is 12.8. The Morgan fingerprint density at radius 1 is 1.00 bits per heavy atom. The molecule has 20 heavy (non-hydrogen) atoms. The van der Waals surface area contributed by atoms with Gasteiger partial charge in [-0.15, -0.1) is 0 Å². The summed E-state index contributed by atoms with van der Waals surface area (Å²) in [6.45, 7) is 3.50. The van der Waals surface area contributed by atoms with E-state index in [9.17, 15) is 0 Å². The summed E-state index contributed by atoms with van der Waals surface area (Å²) in [5.41, 5.74) is 3.11. The van der Waals surface area contributed by atoms with E-state index >= 15 is 0 Å². The van der Waals surface area contributed by atoms with Crippen LogP contribution in [0.1, 0.15) is 55.7 Å². The zero-order chi connectivity index (χ0) is 13.4. The normalized spacial score (nSPS) is 34.3. The lowest BCUT2D eigenvalue weighted by Crippen LogP contribution is -2.51. The van der Waals surface area contributed by atoms with Crippen molar-refractivity contribution in [1.82, 2.24) is 10.2 Å². The highest BCUT2D eigenvalue weighted by atomic mass is 15.2. The van der Waals surface area contributed by atoms with E-state index in [1.165, 1.54) is 50.6 Å². The summed E-state index contributed by atoms with van der Waals surface area (Å²) in [5, 5.41) is 3.64. The average molecular weight is 270 g/mol. The van der Waals surface area contributed by atoms with Crippen molar-refractivity contribution in [3.63, 3.8) is 0 Å². The second kappa shape index (κ2) is 5.50. The van der Waals surface area contributed by atoms with Gasteiger partial charge in [0.2, 0.25) is 0 Å². The molecule has 2 aliphatic heterocycles. The topological polar surface area (TPSA) is 15.3 Å². The number of nitrogens with zero attached hydrogens (tertiary/aromatic N) is 1. The maximum absolute atomic E-state index is 3.64. The molecule has 3 aliphatic rings. The molecule has 2 heteroatoms. The van der Waals surface area contributed by atoms with Gasteiger partial charge in [0.1, 0.15) is 0 Å². The number of piperidine rings is 1. The van der Waals surface area contributed by atoms with Crippen LogP contribution in [-0.4, -0.2) is 24.0 Å². The molecule has 1 N–H and O–H groups in total. The summed E-state index contributed by atoms with van der Waals surface area (Å²) >= 11 is 0. The zero-order valence-electron chi connectivity index (χ0n) is 12.4. The highest BCUT2D eigenvalue weighted by Crippen LogP contribution is 2.40. The lowest BCUT2D eigenvalue weighted by Gasteiger charge is -2.49. The van der Waals surface area contributed by atoms with E-state index in [-0.39, 0.29) is 0 Å². The van der Waals surface area contributed by atoms with Gasteiger partial charge in [-0.1, -0.05) is 37.1 Å². The Morgan fingerprint density at radius 2 is 1.85 bits per heavy atom. The van der Waals surface area contributed by atoms with E-state index in [2.05, 4.69) is 34.5 Å². The SMILES string of the molecule is c1ccc2c(c1)CNCC2N1CCC[C@H]2CCCC[C@H]21. The van der Waals surface area contributed by atoms with E-state index < -0.39 is 0 Å². The van der Waals surface area contributed by atoms with E-state index in [4.69, 9.17) is 0 Å². The van der Waals surface area contributed by atoms with Crippen molar-refractivity contribution >= 4 is 0 Å². The lowest BCUT2D eigenvalue weighted by atomic mass is 9.77. The fraction of sp³-hybridized carbons (Fsp3) is 0.667. The van der Waals surface area contributed by atoms with Crippen LogP contribution in [0.25, 0.3) is 0 Å². The Bertz CT molecular complexity index is 468. The smallest absolute Gasteiger partial charge is 0.0479 e. The number of hydrogen-bond donors (Lipinski definition) is 1. The fourth-order valence-electron chi connectivity index (χ4n) is 4.82. The molecule has 0 spiro atoms. The molecule has 0 aromatic heterocycles. The third-order valence-electron chi connectivity index (χ3n) is 5.75. The van der Waals surface area contributed by atoms with Gasteiger partial charge < -0.3 is 5.32 Å². The van der Waals surface area contributed by atoms with Gasteiger partial charge >= 0.3 is 0 Å². The molecule has 108 valence electrons. The first-order valence-corrected chi connectivity index (χ1v) is 8.48. The molecule has 2 fully saturated rings. The third kappa shape index (κ3) is 2.19. The van der Waals surface area contributed by atoms with Crippen LogP contribution >= 0.6 is 0 Å². The van der Waals surface area contributed by atoms with Gasteiger partial charge in [0.25, 0.3) is 0 Å². The summed E-state index contributed by atoms with van der Waals surface area (Å²) in [4.78, 5) is 2.86. The van der Waals surface area contributed by atoms with Crippen LogP contribution in [0.4, 0.5) is 0 Å². The quantitative estimate of drug-likeness (QED) is 0.840. The number of hydrogen-bond acceptors (Lipinski definition) is 2. The minimum atomic E-state index is 0.617. The molecular formula is C18H26N2. The molecule has 2 nitrogen and oxygen atoms in total. The van der Waals surface area contributed by atoms with Gasteiger partial charge in [0.15, 0.2) is 0 Å². The minimum Gasteiger partial charge on any atom is -0.311 e. The molecule has 2 heterocycles. The number of fused-ring (bicyclic) bond motifs is 2. The van der Waals surface area contributed by atoms with E-state index in [1.54, 1.807) is 5.56 Å². The maximum atomic E-state index is 3.64. The van der Waals surface area contributed by atoms with Gasteiger partial charge in [-0.3, -0.25) is 4.90 Å². The second-order valence-electron chi connectivity index (χ2n) is 6.84. The van der Waals surface area contributed by atoms with Crippen LogP contribution in [-0.2, 0) is 6.54 Å². The van der Waals surface area contributed by atoms with Crippen LogP contribution in [0, 0.1) is 5.92 Å². The minimum absolute atomic E-state index is 0.617. The number of nitrogens with one attached hydrogen (secondary N) is 1. The van der Waals surface area contributed by atoms with Crippen molar-refractivity contribution in [2.24, 2.45) is 5.92 Å². The van der Waals surface area contributed by atoms with Crippen molar-refractivity contribution in [3.8, 4) is 0 Å². The molecule has 0 radical (unpaired) electrons. The predicted octanol–water partition coefficient (Wildman–Crippen LogP) is 3.49. The monoisotopic (exact) mass is 270 g/mol. The lowest BCUT2D eigenvalue weighted by molar-refractivity contribution is 0.0224. The molecule has 4 rings (SSSR count). The van der Waals surface area contributed by atoms with Gasteiger partial charge in [-0.05, 0) is 49.3 Å². The zero-order valence-corrected chi connectivity index (χ0v) is 12.4. The predicted molar refractivity (Wildman–Crippen MR) is 82.6 cm³/mol. The molecule has 1 unspecified atom stereocenters. The van der Waals surface area contributed by atoms with E-state index in [1.807, 2.05) is 0 Å². The molecule has 1 aromatic rings. The molecule has 0 bridgehead atoms. The molecule has 1 aromatic carbocycles. The summed E-state index contributed by atoms with van der Waals surface area (Å²) < 4.78 is 0. The Morgan fingerprint density at radius 3 is 2.85 bits per heavy atom. The van der Waals surface area contributed by atoms with E-state index in [0.29, 0.717) is 6.04 Å². The third-order valence-corrected chi connectivity index (χ3v) is 5.75. The van der Waals surface area contributed by atoms with E-state index in [0.717, 1.165) is 25.0 Å². The van der Waals surface area contributed by atoms with Crippen LogP contribution in [0.5, 0.6) is 0 Å². The molecule has 0 amide bonds. The fourth-order valence-corrected chi connectivity index (χ4v) is 4.82. The summed E-state index contributed by atoms with van der Waals surface area (Å²) in [6, 6.07) is 10.5. The Balaban J connectivity index is 1.63. The van der Waals surface area contributed by atoms with Crippen LogP contribution in [0.15, 0.2) is 24.3 Å². The molecule has 1 saturated carbocycles. The van der Waals surface area contributed by atoms with Gasteiger partial charge in [-0.25, -0.2) is 0 Å². The highest BCUT2D eigenvalue weighted by molar-refractivity contribution is 5.32.